The second-order valence-electron chi connectivity index (χ2n) is 5.83. The molecule has 1 aromatic carbocycles. The normalized spacial score (nSPS) is 19.5. The summed E-state index contributed by atoms with van der Waals surface area (Å²) in [5.74, 6) is 2.32. The van der Waals surface area contributed by atoms with Gasteiger partial charge in [0.1, 0.15) is 0 Å². The number of hydrogen-bond donors (Lipinski definition) is 1. The molecular weight excluding hydrogens is 206 g/mol. The molecule has 2 N–H and O–H groups in total. The number of nitrogens with two attached hydrogens (primary N) is 1. The van der Waals surface area contributed by atoms with Crippen molar-refractivity contribution in [2.45, 2.75) is 51.9 Å². The fourth-order valence-electron chi connectivity index (χ4n) is 3.41. The van der Waals surface area contributed by atoms with Crippen molar-refractivity contribution in [3.05, 3.63) is 29.8 Å². The average Bonchev–Trinajstić information content (AvgIpc) is 2.33. The van der Waals surface area contributed by atoms with E-state index in [4.69, 9.17) is 5.73 Å². The highest BCUT2D eigenvalue weighted by Crippen LogP contribution is 2.40. The zero-order valence-corrected chi connectivity index (χ0v) is 11.2. The van der Waals surface area contributed by atoms with Crippen LogP contribution in [-0.4, -0.2) is 0 Å². The minimum atomic E-state index is 0.718. The SMILES string of the molecule is CC(C)[C@H](c1ccc(N)cc1)C1CCCCC1. The smallest absolute Gasteiger partial charge is 0.0314 e. The molecule has 0 radical (unpaired) electrons. The lowest BCUT2D eigenvalue weighted by Gasteiger charge is -2.33. The highest BCUT2D eigenvalue weighted by molar-refractivity contribution is 5.40. The Bertz CT molecular complexity index is 333. The molecule has 0 spiro atoms. The van der Waals surface area contributed by atoms with Gasteiger partial charge in [0.15, 0.2) is 0 Å². The summed E-state index contributed by atoms with van der Waals surface area (Å²) in [6.45, 7) is 4.71. The van der Waals surface area contributed by atoms with Crippen LogP contribution < -0.4 is 5.73 Å². The van der Waals surface area contributed by atoms with Crippen LogP contribution in [0.25, 0.3) is 0 Å². The van der Waals surface area contributed by atoms with Gasteiger partial charge in [0.25, 0.3) is 0 Å². The lowest BCUT2D eigenvalue weighted by molar-refractivity contribution is 0.260. The van der Waals surface area contributed by atoms with Crippen LogP contribution in [0.15, 0.2) is 24.3 Å². The molecule has 0 heterocycles. The number of rotatable bonds is 3. The third kappa shape index (κ3) is 3.02. The molecular formula is C16H25N. The van der Waals surface area contributed by atoms with Gasteiger partial charge in [-0.25, -0.2) is 0 Å². The van der Waals surface area contributed by atoms with Crippen LogP contribution in [-0.2, 0) is 0 Å². The van der Waals surface area contributed by atoms with Crippen molar-refractivity contribution in [2.24, 2.45) is 11.8 Å². The summed E-state index contributed by atoms with van der Waals surface area (Å²) in [6.07, 6.45) is 7.09. The standard InChI is InChI=1S/C16H25N/c1-12(2)16(13-6-4-3-5-7-13)14-8-10-15(17)11-9-14/h8-13,16H,3-7,17H2,1-2H3/t16-/m0/s1. The average molecular weight is 231 g/mol. The maximum absolute atomic E-state index is 5.78. The van der Waals surface area contributed by atoms with Gasteiger partial charge in [0.05, 0.1) is 0 Å². The molecule has 94 valence electrons. The molecule has 1 heteroatoms. The van der Waals surface area contributed by atoms with Gasteiger partial charge in [0, 0.05) is 5.69 Å². The predicted molar refractivity (Wildman–Crippen MR) is 75.0 cm³/mol. The third-order valence-electron chi connectivity index (χ3n) is 4.20. The van der Waals surface area contributed by atoms with E-state index < -0.39 is 0 Å². The van der Waals surface area contributed by atoms with Gasteiger partial charge in [-0.1, -0.05) is 45.2 Å². The summed E-state index contributed by atoms with van der Waals surface area (Å²) in [4.78, 5) is 0. The molecule has 1 atom stereocenters. The van der Waals surface area contributed by atoms with E-state index in [0.717, 1.165) is 23.4 Å². The molecule has 0 aromatic heterocycles. The summed E-state index contributed by atoms with van der Waals surface area (Å²) < 4.78 is 0. The van der Waals surface area contributed by atoms with Crippen molar-refractivity contribution in [2.75, 3.05) is 5.73 Å². The van der Waals surface area contributed by atoms with Crippen LogP contribution in [0.3, 0.4) is 0 Å². The minimum absolute atomic E-state index is 0.718. The quantitative estimate of drug-likeness (QED) is 0.757. The first kappa shape index (κ1) is 12.5. The lowest BCUT2D eigenvalue weighted by Crippen LogP contribution is -2.20. The number of benzene rings is 1. The van der Waals surface area contributed by atoms with Crippen molar-refractivity contribution in [1.29, 1.82) is 0 Å². The maximum Gasteiger partial charge on any atom is 0.0314 e. The molecule has 0 bridgehead atoms. The minimum Gasteiger partial charge on any atom is -0.399 e. The van der Waals surface area contributed by atoms with Crippen molar-refractivity contribution in [3.63, 3.8) is 0 Å². The van der Waals surface area contributed by atoms with Gasteiger partial charge in [-0.05, 0) is 48.3 Å². The predicted octanol–water partition coefficient (Wildman–Crippen LogP) is 4.59. The summed E-state index contributed by atoms with van der Waals surface area (Å²) in [5, 5.41) is 0. The first-order valence-corrected chi connectivity index (χ1v) is 7.04. The lowest BCUT2D eigenvalue weighted by atomic mass is 9.72. The Kier molecular flexibility index (Phi) is 4.09. The van der Waals surface area contributed by atoms with E-state index in [1.54, 1.807) is 0 Å². The van der Waals surface area contributed by atoms with E-state index in [1.807, 2.05) is 12.1 Å². The largest absolute Gasteiger partial charge is 0.399 e. The van der Waals surface area contributed by atoms with E-state index in [0.29, 0.717) is 0 Å². The van der Waals surface area contributed by atoms with Crippen molar-refractivity contribution < 1.29 is 0 Å². The molecule has 1 aromatic rings. The number of anilines is 1. The highest BCUT2D eigenvalue weighted by Gasteiger charge is 2.27. The number of nitrogen functional groups attached to an aromatic ring is 1. The number of hydrogen-bond acceptors (Lipinski definition) is 1. The molecule has 2 rings (SSSR count). The third-order valence-corrected chi connectivity index (χ3v) is 4.20. The van der Waals surface area contributed by atoms with Crippen LogP contribution in [0.5, 0.6) is 0 Å². The first-order valence-electron chi connectivity index (χ1n) is 7.04. The Morgan fingerprint density at radius 1 is 1.00 bits per heavy atom. The fourth-order valence-corrected chi connectivity index (χ4v) is 3.41. The molecule has 1 saturated carbocycles. The van der Waals surface area contributed by atoms with E-state index in [2.05, 4.69) is 26.0 Å². The van der Waals surface area contributed by atoms with Gasteiger partial charge < -0.3 is 5.73 Å². The topological polar surface area (TPSA) is 26.0 Å². The molecule has 1 fully saturated rings. The van der Waals surface area contributed by atoms with Crippen LogP contribution in [0.1, 0.15) is 57.4 Å². The van der Waals surface area contributed by atoms with Gasteiger partial charge in [-0.3, -0.25) is 0 Å². The van der Waals surface area contributed by atoms with Crippen LogP contribution in [0, 0.1) is 11.8 Å². The van der Waals surface area contributed by atoms with E-state index in [-0.39, 0.29) is 0 Å². The maximum atomic E-state index is 5.78. The Morgan fingerprint density at radius 2 is 1.59 bits per heavy atom. The molecule has 1 aliphatic rings. The van der Waals surface area contributed by atoms with Crippen LogP contribution in [0.4, 0.5) is 5.69 Å². The second-order valence-corrected chi connectivity index (χ2v) is 5.83. The van der Waals surface area contributed by atoms with Crippen LogP contribution in [0.2, 0.25) is 0 Å². The van der Waals surface area contributed by atoms with Gasteiger partial charge in [-0.2, -0.15) is 0 Å². The Balaban J connectivity index is 2.18. The molecule has 0 aliphatic heterocycles. The van der Waals surface area contributed by atoms with E-state index >= 15 is 0 Å². The molecule has 17 heavy (non-hydrogen) atoms. The van der Waals surface area contributed by atoms with Gasteiger partial charge in [0.2, 0.25) is 0 Å². The molecule has 0 unspecified atom stereocenters. The first-order chi connectivity index (χ1) is 8.18. The van der Waals surface area contributed by atoms with Gasteiger partial charge >= 0.3 is 0 Å². The Labute approximate surface area is 105 Å². The monoisotopic (exact) mass is 231 g/mol. The van der Waals surface area contributed by atoms with E-state index in [1.165, 1.54) is 37.7 Å². The summed E-state index contributed by atoms with van der Waals surface area (Å²) in [7, 11) is 0. The highest BCUT2D eigenvalue weighted by atomic mass is 14.5. The zero-order chi connectivity index (χ0) is 12.3. The zero-order valence-electron chi connectivity index (χ0n) is 11.2. The van der Waals surface area contributed by atoms with E-state index in [9.17, 15) is 0 Å². The molecule has 1 nitrogen and oxygen atoms in total. The van der Waals surface area contributed by atoms with Crippen LogP contribution >= 0.6 is 0 Å². The molecule has 0 amide bonds. The van der Waals surface area contributed by atoms with Crippen molar-refractivity contribution in [1.82, 2.24) is 0 Å². The molecule has 0 saturated heterocycles. The summed E-state index contributed by atoms with van der Waals surface area (Å²) in [5.41, 5.74) is 8.14. The van der Waals surface area contributed by atoms with Crippen molar-refractivity contribution in [3.8, 4) is 0 Å². The summed E-state index contributed by atoms with van der Waals surface area (Å²) in [6, 6.07) is 8.56. The fraction of sp³-hybridized carbons (Fsp3) is 0.625. The Morgan fingerprint density at radius 3 is 2.12 bits per heavy atom. The second kappa shape index (κ2) is 5.57. The Hall–Kier alpha value is -0.980. The van der Waals surface area contributed by atoms with Crippen molar-refractivity contribution >= 4 is 5.69 Å². The molecule has 1 aliphatic carbocycles. The van der Waals surface area contributed by atoms with Gasteiger partial charge in [-0.15, -0.1) is 0 Å². The summed E-state index contributed by atoms with van der Waals surface area (Å²) >= 11 is 0.